The molecule has 1 unspecified atom stereocenters. The van der Waals surface area contributed by atoms with Crippen LogP contribution in [0.4, 0.5) is 5.69 Å². The average molecular weight is 348 g/mol. The number of hydrogen-bond donors (Lipinski definition) is 2. The fourth-order valence-corrected chi connectivity index (χ4v) is 2.66. The maximum absolute atomic E-state index is 5.64. The summed E-state index contributed by atoms with van der Waals surface area (Å²) in [5.74, 6) is 2.24. The van der Waals surface area contributed by atoms with Gasteiger partial charge in [-0.3, -0.25) is 9.89 Å². The van der Waals surface area contributed by atoms with Crippen LogP contribution in [-0.4, -0.2) is 56.8 Å². The molecule has 0 radical (unpaired) electrons. The van der Waals surface area contributed by atoms with Gasteiger partial charge < -0.3 is 20.1 Å². The highest BCUT2D eigenvalue weighted by Crippen LogP contribution is 2.30. The Hall–Kier alpha value is -1.95. The number of rotatable bonds is 9. The molecule has 0 spiro atoms. The number of guanidine groups is 1. The van der Waals surface area contributed by atoms with E-state index in [1.807, 2.05) is 25.1 Å². The Labute approximate surface area is 151 Å². The van der Waals surface area contributed by atoms with Crippen molar-refractivity contribution in [2.24, 2.45) is 4.99 Å². The fourth-order valence-electron chi connectivity index (χ4n) is 2.66. The molecule has 0 heterocycles. The van der Waals surface area contributed by atoms with Crippen molar-refractivity contribution in [3.8, 4) is 11.5 Å². The van der Waals surface area contributed by atoms with Gasteiger partial charge in [-0.05, 0) is 52.8 Å². The maximum atomic E-state index is 5.64. The lowest BCUT2D eigenvalue weighted by atomic mass is 10.2. The molecule has 0 aliphatic heterocycles. The minimum atomic E-state index is 0.429. The van der Waals surface area contributed by atoms with E-state index in [9.17, 15) is 0 Å². The number of hydrogen-bond acceptors (Lipinski definition) is 4. The van der Waals surface area contributed by atoms with Crippen LogP contribution in [0.2, 0.25) is 0 Å². The van der Waals surface area contributed by atoms with Crippen LogP contribution in [-0.2, 0) is 0 Å². The Balaban J connectivity index is 2.04. The van der Waals surface area contributed by atoms with E-state index in [2.05, 4.69) is 36.4 Å². The third-order valence-corrected chi connectivity index (χ3v) is 4.40. The molecule has 0 bridgehead atoms. The highest BCUT2D eigenvalue weighted by molar-refractivity contribution is 5.93. The van der Waals surface area contributed by atoms with Crippen molar-refractivity contribution < 1.29 is 9.47 Å². The summed E-state index contributed by atoms with van der Waals surface area (Å²) >= 11 is 0. The van der Waals surface area contributed by atoms with Crippen LogP contribution >= 0.6 is 0 Å². The van der Waals surface area contributed by atoms with Crippen LogP contribution < -0.4 is 20.1 Å². The molecule has 0 aromatic heterocycles. The first kappa shape index (κ1) is 19.4. The quantitative estimate of drug-likeness (QED) is 0.531. The highest BCUT2D eigenvalue weighted by atomic mass is 16.5. The zero-order chi connectivity index (χ0) is 18.2. The lowest BCUT2D eigenvalue weighted by Gasteiger charge is -2.23. The van der Waals surface area contributed by atoms with E-state index in [1.165, 1.54) is 12.8 Å². The van der Waals surface area contributed by atoms with Gasteiger partial charge in [0.2, 0.25) is 0 Å². The number of aliphatic imine (C=N–C) groups is 1. The predicted octanol–water partition coefficient (Wildman–Crippen LogP) is 2.95. The van der Waals surface area contributed by atoms with E-state index in [0.29, 0.717) is 12.6 Å². The fraction of sp³-hybridized carbons (Fsp3) is 0.632. The normalized spacial score (nSPS) is 15.8. The third kappa shape index (κ3) is 5.81. The minimum absolute atomic E-state index is 0.429. The first-order chi connectivity index (χ1) is 12.1. The SMILES string of the molecule is CCNC(=NCC(C)N(C)C1CC1)Nc1ccc(OC)c(OCC)c1. The largest absolute Gasteiger partial charge is 0.493 e. The second-order valence-corrected chi connectivity index (χ2v) is 6.39. The van der Waals surface area contributed by atoms with Crippen LogP contribution in [0, 0.1) is 0 Å². The summed E-state index contributed by atoms with van der Waals surface area (Å²) in [6.45, 7) is 8.42. The molecule has 1 atom stereocenters. The number of nitrogens with one attached hydrogen (secondary N) is 2. The second kappa shape index (κ2) is 9.51. The van der Waals surface area contributed by atoms with Gasteiger partial charge in [-0.25, -0.2) is 0 Å². The Morgan fingerprint density at radius 1 is 1.32 bits per heavy atom. The summed E-state index contributed by atoms with van der Waals surface area (Å²) in [6, 6.07) is 6.98. The van der Waals surface area contributed by atoms with Gasteiger partial charge in [-0.15, -0.1) is 0 Å². The predicted molar refractivity (Wildman–Crippen MR) is 104 cm³/mol. The van der Waals surface area contributed by atoms with Crippen molar-refractivity contribution in [3.05, 3.63) is 18.2 Å². The highest BCUT2D eigenvalue weighted by Gasteiger charge is 2.28. The standard InChI is InChI=1S/C19H32N4O2/c1-6-20-19(21-13-14(3)23(4)16-9-10-16)22-15-8-11-17(24-5)18(12-15)25-7-2/h8,11-12,14,16H,6-7,9-10,13H2,1-5H3,(H2,20,21,22). The summed E-state index contributed by atoms with van der Waals surface area (Å²) in [4.78, 5) is 7.16. The lowest BCUT2D eigenvalue weighted by Crippen LogP contribution is -2.36. The molecular formula is C19H32N4O2. The Bertz CT molecular complexity index is 573. The van der Waals surface area contributed by atoms with Crippen molar-refractivity contribution >= 4 is 11.6 Å². The summed E-state index contributed by atoms with van der Waals surface area (Å²) in [5, 5.41) is 6.65. The molecule has 140 valence electrons. The van der Waals surface area contributed by atoms with Gasteiger partial charge in [0, 0.05) is 30.4 Å². The van der Waals surface area contributed by atoms with Crippen LogP contribution in [0.5, 0.6) is 11.5 Å². The third-order valence-electron chi connectivity index (χ3n) is 4.40. The van der Waals surface area contributed by atoms with Crippen molar-refractivity contribution in [2.45, 2.75) is 45.7 Å². The van der Waals surface area contributed by atoms with Crippen LogP contribution in [0.1, 0.15) is 33.6 Å². The zero-order valence-electron chi connectivity index (χ0n) is 16.1. The van der Waals surface area contributed by atoms with Gasteiger partial charge in [0.15, 0.2) is 17.5 Å². The Morgan fingerprint density at radius 2 is 2.08 bits per heavy atom. The molecule has 1 fully saturated rings. The number of ether oxygens (including phenoxy) is 2. The van der Waals surface area contributed by atoms with E-state index in [-0.39, 0.29) is 0 Å². The van der Waals surface area contributed by atoms with Gasteiger partial charge in [0.1, 0.15) is 0 Å². The molecule has 1 aliphatic rings. The van der Waals surface area contributed by atoms with Crippen LogP contribution in [0.15, 0.2) is 23.2 Å². The van der Waals surface area contributed by atoms with E-state index in [4.69, 9.17) is 14.5 Å². The molecule has 0 saturated heterocycles. The van der Waals surface area contributed by atoms with E-state index < -0.39 is 0 Å². The Morgan fingerprint density at radius 3 is 2.68 bits per heavy atom. The second-order valence-electron chi connectivity index (χ2n) is 6.39. The molecule has 0 amide bonds. The van der Waals surface area contributed by atoms with Crippen molar-refractivity contribution in [2.75, 3.05) is 39.2 Å². The molecule has 1 saturated carbocycles. The average Bonchev–Trinajstić information content (AvgIpc) is 3.44. The Kier molecular flexibility index (Phi) is 7.37. The summed E-state index contributed by atoms with van der Waals surface area (Å²) in [5.41, 5.74) is 0.923. The topological polar surface area (TPSA) is 58.1 Å². The number of nitrogens with zero attached hydrogens (tertiary/aromatic N) is 2. The van der Waals surface area contributed by atoms with E-state index in [1.54, 1.807) is 7.11 Å². The monoisotopic (exact) mass is 348 g/mol. The van der Waals surface area contributed by atoms with Gasteiger partial charge in [0.25, 0.3) is 0 Å². The molecule has 1 aliphatic carbocycles. The molecule has 1 aromatic carbocycles. The summed E-state index contributed by atoms with van der Waals surface area (Å²) in [6.07, 6.45) is 2.63. The summed E-state index contributed by atoms with van der Waals surface area (Å²) < 4.78 is 11.0. The van der Waals surface area contributed by atoms with Crippen LogP contribution in [0.25, 0.3) is 0 Å². The van der Waals surface area contributed by atoms with Gasteiger partial charge in [-0.2, -0.15) is 0 Å². The van der Waals surface area contributed by atoms with Gasteiger partial charge in [0.05, 0.1) is 20.3 Å². The van der Waals surface area contributed by atoms with Crippen molar-refractivity contribution in [1.29, 1.82) is 0 Å². The van der Waals surface area contributed by atoms with Gasteiger partial charge >= 0.3 is 0 Å². The van der Waals surface area contributed by atoms with Crippen molar-refractivity contribution in [3.63, 3.8) is 0 Å². The smallest absolute Gasteiger partial charge is 0.195 e. The van der Waals surface area contributed by atoms with Crippen LogP contribution in [0.3, 0.4) is 0 Å². The zero-order valence-corrected chi connectivity index (χ0v) is 16.1. The minimum Gasteiger partial charge on any atom is -0.493 e. The number of benzene rings is 1. The molecule has 2 rings (SSSR count). The molecular weight excluding hydrogens is 316 g/mol. The maximum Gasteiger partial charge on any atom is 0.195 e. The number of methoxy groups -OCH3 is 1. The number of anilines is 1. The number of likely N-dealkylation sites (N-methyl/N-ethyl adjacent to an activating group) is 1. The van der Waals surface area contributed by atoms with Crippen molar-refractivity contribution in [1.82, 2.24) is 10.2 Å². The van der Waals surface area contributed by atoms with E-state index in [0.717, 1.165) is 42.3 Å². The summed E-state index contributed by atoms with van der Waals surface area (Å²) in [7, 11) is 3.84. The molecule has 6 nitrogen and oxygen atoms in total. The molecule has 25 heavy (non-hydrogen) atoms. The van der Waals surface area contributed by atoms with Gasteiger partial charge in [-0.1, -0.05) is 0 Å². The first-order valence-electron chi connectivity index (χ1n) is 9.17. The lowest BCUT2D eigenvalue weighted by molar-refractivity contribution is 0.253. The molecule has 6 heteroatoms. The van der Waals surface area contributed by atoms with E-state index >= 15 is 0 Å². The molecule has 2 N–H and O–H groups in total. The molecule has 1 aromatic rings. The first-order valence-corrected chi connectivity index (χ1v) is 9.17.